The molecular formula is C19H24FN5O5S2. The molecule has 13 heteroatoms. The maximum atomic E-state index is 13.4. The van der Waals surface area contributed by atoms with Crippen molar-refractivity contribution in [1.82, 2.24) is 24.0 Å². The molecule has 0 bridgehead atoms. The van der Waals surface area contributed by atoms with Gasteiger partial charge in [0.15, 0.2) is 5.16 Å². The summed E-state index contributed by atoms with van der Waals surface area (Å²) in [6.45, 7) is 1.79. The van der Waals surface area contributed by atoms with E-state index in [1.807, 2.05) is 0 Å². The number of halogens is 1. The van der Waals surface area contributed by atoms with Gasteiger partial charge in [-0.25, -0.2) is 22.7 Å². The minimum atomic E-state index is -3.82. The Labute approximate surface area is 188 Å². The molecule has 2 aliphatic rings. The summed E-state index contributed by atoms with van der Waals surface area (Å²) in [5, 5.41) is 6.84. The lowest BCUT2D eigenvalue weighted by atomic mass is 10.2. The number of nitrogens with zero attached hydrogens (tertiary/aromatic N) is 4. The summed E-state index contributed by atoms with van der Waals surface area (Å²) in [4.78, 5) is 26.2. The van der Waals surface area contributed by atoms with Gasteiger partial charge in [0.25, 0.3) is 0 Å². The number of amides is 1. The number of aromatic nitrogens is 3. The molecule has 1 unspecified atom stereocenters. The number of rotatable bonds is 7. The van der Waals surface area contributed by atoms with Gasteiger partial charge in [0, 0.05) is 32.8 Å². The van der Waals surface area contributed by atoms with E-state index in [-0.39, 0.29) is 54.5 Å². The Hall–Kier alpha value is -2.22. The van der Waals surface area contributed by atoms with E-state index in [9.17, 15) is 22.4 Å². The summed E-state index contributed by atoms with van der Waals surface area (Å²) in [6.07, 6.45) is 1.80. The van der Waals surface area contributed by atoms with Crippen molar-refractivity contribution < 1.29 is 22.3 Å². The van der Waals surface area contributed by atoms with E-state index >= 15 is 0 Å². The van der Waals surface area contributed by atoms with E-state index in [2.05, 4.69) is 10.2 Å². The fourth-order valence-electron chi connectivity index (χ4n) is 3.74. The predicted octanol–water partition coefficient (Wildman–Crippen LogP) is 0.515. The third-order valence-corrected chi connectivity index (χ3v) is 8.34. The van der Waals surface area contributed by atoms with Crippen molar-refractivity contribution in [1.29, 1.82) is 0 Å². The zero-order valence-corrected chi connectivity index (χ0v) is 18.9. The van der Waals surface area contributed by atoms with Crippen LogP contribution in [-0.4, -0.2) is 82.9 Å². The second-order valence-electron chi connectivity index (χ2n) is 7.59. The molecule has 32 heavy (non-hydrogen) atoms. The van der Waals surface area contributed by atoms with E-state index in [1.54, 1.807) is 4.90 Å². The lowest BCUT2D eigenvalue weighted by molar-refractivity contribution is -0.129. The Kier molecular flexibility index (Phi) is 6.98. The van der Waals surface area contributed by atoms with Crippen LogP contribution < -0.4 is 5.69 Å². The minimum Gasteiger partial charge on any atom is -0.376 e. The number of hydrogen-bond acceptors (Lipinski definition) is 7. The summed E-state index contributed by atoms with van der Waals surface area (Å²) >= 11 is 1.16. The van der Waals surface area contributed by atoms with Gasteiger partial charge in [0.05, 0.1) is 23.3 Å². The van der Waals surface area contributed by atoms with E-state index in [0.717, 1.165) is 30.7 Å². The number of nitrogens with one attached hydrogen (secondary N) is 1. The molecule has 1 N–H and O–H groups in total. The summed E-state index contributed by atoms with van der Waals surface area (Å²) in [6, 6.07) is 4.88. The number of benzene rings is 1. The van der Waals surface area contributed by atoms with E-state index in [4.69, 9.17) is 4.74 Å². The van der Waals surface area contributed by atoms with Gasteiger partial charge in [0.2, 0.25) is 15.9 Å². The number of piperazine rings is 1. The highest BCUT2D eigenvalue weighted by Gasteiger charge is 2.30. The van der Waals surface area contributed by atoms with Gasteiger partial charge in [-0.15, -0.1) is 5.10 Å². The van der Waals surface area contributed by atoms with Crippen LogP contribution in [0, 0.1) is 5.82 Å². The average Bonchev–Trinajstić information content (AvgIpc) is 3.43. The minimum absolute atomic E-state index is 0.0338. The first-order chi connectivity index (χ1) is 15.3. The van der Waals surface area contributed by atoms with Gasteiger partial charge in [-0.3, -0.25) is 9.36 Å². The van der Waals surface area contributed by atoms with Gasteiger partial charge in [-0.1, -0.05) is 17.8 Å². The monoisotopic (exact) mass is 485 g/mol. The molecule has 0 radical (unpaired) electrons. The molecule has 0 saturated carbocycles. The van der Waals surface area contributed by atoms with Gasteiger partial charge in [-0.05, 0) is 31.0 Å². The second kappa shape index (κ2) is 9.73. The van der Waals surface area contributed by atoms with Crippen LogP contribution in [0.5, 0.6) is 0 Å². The average molecular weight is 486 g/mol. The molecular weight excluding hydrogens is 461 g/mol. The fourth-order valence-corrected chi connectivity index (χ4v) is 6.05. The van der Waals surface area contributed by atoms with Crippen molar-refractivity contribution in [3.05, 3.63) is 40.6 Å². The van der Waals surface area contributed by atoms with Crippen molar-refractivity contribution in [2.24, 2.45) is 0 Å². The second-order valence-corrected chi connectivity index (χ2v) is 10.5. The number of hydrogen-bond donors (Lipinski definition) is 1. The van der Waals surface area contributed by atoms with E-state index in [1.165, 1.54) is 27.1 Å². The Morgan fingerprint density at radius 2 is 2.06 bits per heavy atom. The zero-order chi connectivity index (χ0) is 22.7. The molecule has 174 valence electrons. The molecule has 0 aliphatic carbocycles. The zero-order valence-electron chi connectivity index (χ0n) is 17.3. The Balaban J connectivity index is 1.31. The summed E-state index contributed by atoms with van der Waals surface area (Å²) in [5.41, 5.74) is -0.341. The molecule has 2 aliphatic heterocycles. The van der Waals surface area contributed by atoms with Crippen LogP contribution in [0.2, 0.25) is 0 Å². The lowest BCUT2D eigenvalue weighted by Crippen LogP contribution is -2.51. The molecule has 2 fully saturated rings. The molecule has 1 amide bonds. The first-order valence-corrected chi connectivity index (χ1v) is 12.7. The van der Waals surface area contributed by atoms with Crippen LogP contribution >= 0.6 is 11.8 Å². The Bertz CT molecular complexity index is 1120. The van der Waals surface area contributed by atoms with Gasteiger partial charge in [-0.2, -0.15) is 4.31 Å². The van der Waals surface area contributed by atoms with Crippen molar-refractivity contribution >= 4 is 27.7 Å². The first kappa shape index (κ1) is 23.0. The van der Waals surface area contributed by atoms with Crippen LogP contribution in [0.4, 0.5) is 4.39 Å². The normalized spacial score (nSPS) is 20.0. The van der Waals surface area contributed by atoms with E-state index < -0.39 is 15.8 Å². The molecule has 1 atom stereocenters. The third-order valence-electron chi connectivity index (χ3n) is 5.48. The van der Waals surface area contributed by atoms with Crippen LogP contribution in [0.3, 0.4) is 0 Å². The summed E-state index contributed by atoms with van der Waals surface area (Å²) < 4.78 is 47.2. The van der Waals surface area contributed by atoms with Crippen molar-refractivity contribution in [3.8, 4) is 0 Å². The molecule has 3 heterocycles. The SMILES string of the molecule is O=C(CSc1n[nH]c(=O)n1CC1CCCO1)N1CCN(S(=O)(=O)c2cccc(F)c2)CC1. The van der Waals surface area contributed by atoms with Crippen molar-refractivity contribution in [2.45, 2.75) is 35.5 Å². The van der Waals surface area contributed by atoms with Crippen LogP contribution in [-0.2, 0) is 26.1 Å². The third kappa shape index (κ3) is 5.05. The maximum absolute atomic E-state index is 13.4. The standard InChI is InChI=1S/C19H24FN5O5S2/c20-14-3-1-5-16(11-14)32(28,29)24-8-6-23(7-9-24)17(26)13-31-19-22-21-18(27)25(19)12-15-4-2-10-30-15/h1,3,5,11,15H,2,4,6-10,12-13H2,(H,21,27). The number of ether oxygens (including phenoxy) is 1. The lowest BCUT2D eigenvalue weighted by Gasteiger charge is -2.34. The van der Waals surface area contributed by atoms with Crippen LogP contribution in [0.15, 0.2) is 39.1 Å². The highest BCUT2D eigenvalue weighted by atomic mass is 32.2. The molecule has 0 spiro atoms. The highest BCUT2D eigenvalue weighted by Crippen LogP contribution is 2.21. The van der Waals surface area contributed by atoms with Gasteiger partial charge < -0.3 is 9.64 Å². The maximum Gasteiger partial charge on any atom is 0.344 e. The van der Waals surface area contributed by atoms with Crippen LogP contribution in [0.1, 0.15) is 12.8 Å². The quantitative estimate of drug-likeness (QED) is 0.568. The molecule has 10 nitrogen and oxygen atoms in total. The summed E-state index contributed by atoms with van der Waals surface area (Å²) in [7, 11) is -3.82. The van der Waals surface area contributed by atoms with Crippen molar-refractivity contribution in [2.75, 3.05) is 38.5 Å². The number of H-pyrrole nitrogens is 1. The number of sulfonamides is 1. The molecule has 4 rings (SSSR count). The molecule has 2 aromatic rings. The predicted molar refractivity (Wildman–Crippen MR) is 114 cm³/mol. The smallest absolute Gasteiger partial charge is 0.344 e. The number of carbonyl (C=O) groups excluding carboxylic acids is 1. The number of aromatic amines is 1. The highest BCUT2D eigenvalue weighted by molar-refractivity contribution is 7.99. The Morgan fingerprint density at radius 1 is 1.28 bits per heavy atom. The topological polar surface area (TPSA) is 118 Å². The Morgan fingerprint density at radius 3 is 2.75 bits per heavy atom. The summed E-state index contributed by atoms with van der Waals surface area (Å²) in [5.74, 6) is -0.711. The fraction of sp³-hybridized carbons (Fsp3) is 0.526. The number of thioether (sulfide) groups is 1. The van der Waals surface area contributed by atoms with Gasteiger partial charge in [0.1, 0.15) is 5.82 Å². The number of carbonyl (C=O) groups is 1. The van der Waals surface area contributed by atoms with Crippen molar-refractivity contribution in [3.63, 3.8) is 0 Å². The molecule has 1 aromatic heterocycles. The van der Waals surface area contributed by atoms with Crippen LogP contribution in [0.25, 0.3) is 0 Å². The van der Waals surface area contributed by atoms with E-state index in [0.29, 0.717) is 18.3 Å². The first-order valence-electron chi connectivity index (χ1n) is 10.3. The largest absolute Gasteiger partial charge is 0.376 e. The molecule has 1 aromatic carbocycles. The van der Waals surface area contributed by atoms with Gasteiger partial charge >= 0.3 is 5.69 Å². The molecule has 2 saturated heterocycles.